The van der Waals surface area contributed by atoms with Crippen LogP contribution in [-0.2, 0) is 17.4 Å². The van der Waals surface area contributed by atoms with Crippen molar-refractivity contribution in [3.8, 4) is 11.4 Å². The number of aliphatic hydroxyl groups excluding tert-OH is 1. The summed E-state index contributed by atoms with van der Waals surface area (Å²) >= 11 is 0. The minimum absolute atomic E-state index is 0.0220. The summed E-state index contributed by atoms with van der Waals surface area (Å²) in [6, 6.07) is 4.48. The summed E-state index contributed by atoms with van der Waals surface area (Å²) in [5.74, 6) is 1.13. The predicted molar refractivity (Wildman–Crippen MR) is 138 cm³/mol. The molecule has 1 aromatic carbocycles. The van der Waals surface area contributed by atoms with Gasteiger partial charge in [0.25, 0.3) is 5.91 Å². The average Bonchev–Trinajstić information content (AvgIpc) is 3.15. The lowest BCUT2D eigenvalue weighted by molar-refractivity contribution is 0.0913. The zero-order valence-electron chi connectivity index (χ0n) is 22.5. The summed E-state index contributed by atoms with van der Waals surface area (Å²) in [5, 5.41) is 17.0. The van der Waals surface area contributed by atoms with Crippen LogP contribution < -0.4 is 5.32 Å². The fraction of sp³-hybridized carbons (Fsp3) is 0.679. The number of benzene rings is 1. The molecule has 188 valence electrons. The van der Waals surface area contributed by atoms with Gasteiger partial charge in [0, 0.05) is 18.7 Å². The number of aliphatic hydroxyl groups is 1. The molecule has 34 heavy (non-hydrogen) atoms. The maximum Gasteiger partial charge on any atom is 0.291 e. The number of carbonyl (C=O) groups is 1. The molecule has 1 aromatic heterocycles. The number of nitrogens with one attached hydrogen (secondary N) is 1. The number of hydrogen-bond donors (Lipinski definition) is 2. The van der Waals surface area contributed by atoms with Gasteiger partial charge in [0.15, 0.2) is 5.82 Å². The van der Waals surface area contributed by atoms with Gasteiger partial charge in [0.2, 0.25) is 5.82 Å². The summed E-state index contributed by atoms with van der Waals surface area (Å²) in [5.41, 5.74) is 4.87. The Bertz CT molecular complexity index is 967. The summed E-state index contributed by atoms with van der Waals surface area (Å²) in [4.78, 5) is 17.5. The van der Waals surface area contributed by atoms with Crippen LogP contribution in [0.1, 0.15) is 108 Å². The largest absolute Gasteiger partial charge is 0.392 e. The highest BCUT2D eigenvalue weighted by molar-refractivity contribution is 5.90. The van der Waals surface area contributed by atoms with Crippen LogP contribution in [0.2, 0.25) is 0 Å². The van der Waals surface area contributed by atoms with E-state index in [4.69, 9.17) is 4.98 Å². The number of amides is 1. The highest BCUT2D eigenvalue weighted by atomic mass is 16.3. The fourth-order valence-electron chi connectivity index (χ4n) is 5.11. The summed E-state index contributed by atoms with van der Waals surface area (Å²) in [6.45, 7) is 18.3. The lowest BCUT2D eigenvalue weighted by atomic mass is 9.75. The van der Waals surface area contributed by atoms with Gasteiger partial charge >= 0.3 is 0 Å². The van der Waals surface area contributed by atoms with E-state index in [-0.39, 0.29) is 29.1 Å². The lowest BCUT2D eigenvalue weighted by Crippen LogP contribution is -2.31. The van der Waals surface area contributed by atoms with Crippen molar-refractivity contribution in [1.29, 1.82) is 0 Å². The Morgan fingerprint density at radius 2 is 1.65 bits per heavy atom. The molecule has 0 unspecified atom stereocenters. The van der Waals surface area contributed by atoms with Crippen molar-refractivity contribution in [3.05, 3.63) is 34.6 Å². The second kappa shape index (κ2) is 10.2. The van der Waals surface area contributed by atoms with Crippen LogP contribution in [0.15, 0.2) is 12.1 Å². The first-order chi connectivity index (χ1) is 15.8. The quantitative estimate of drug-likeness (QED) is 0.583. The topological polar surface area (TPSA) is 80.0 Å². The molecule has 6 nitrogen and oxygen atoms in total. The maximum atomic E-state index is 12.8. The van der Waals surface area contributed by atoms with E-state index in [2.05, 4.69) is 71.0 Å². The van der Waals surface area contributed by atoms with Crippen LogP contribution in [0.3, 0.4) is 0 Å². The van der Waals surface area contributed by atoms with Crippen LogP contribution in [-0.4, -0.2) is 38.4 Å². The smallest absolute Gasteiger partial charge is 0.291 e. The normalized spacial score (nSPS) is 16.5. The third kappa shape index (κ3) is 6.26. The number of nitrogens with zero attached hydrogens (tertiary/aromatic N) is 3. The molecule has 6 heteroatoms. The molecule has 0 aliphatic heterocycles. The van der Waals surface area contributed by atoms with E-state index in [0.29, 0.717) is 5.92 Å². The Morgan fingerprint density at radius 3 is 2.15 bits per heavy atom. The van der Waals surface area contributed by atoms with Crippen LogP contribution in [0.5, 0.6) is 0 Å². The molecule has 2 N–H and O–H groups in total. The molecule has 0 radical (unpaired) electrons. The second-order valence-corrected chi connectivity index (χ2v) is 12.2. The Hall–Kier alpha value is -2.21. The number of aromatic nitrogens is 3. The molecular weight excluding hydrogens is 424 g/mol. The lowest BCUT2D eigenvalue weighted by Gasteiger charge is -2.30. The number of hydrogen-bond acceptors (Lipinski definition) is 4. The summed E-state index contributed by atoms with van der Waals surface area (Å²) < 4.78 is 1.96. The van der Waals surface area contributed by atoms with E-state index in [1.807, 2.05) is 4.68 Å². The van der Waals surface area contributed by atoms with E-state index < -0.39 is 6.10 Å². The summed E-state index contributed by atoms with van der Waals surface area (Å²) in [7, 11) is 0. The van der Waals surface area contributed by atoms with Gasteiger partial charge in [-0.15, -0.1) is 5.10 Å². The minimum Gasteiger partial charge on any atom is -0.392 e. The zero-order valence-corrected chi connectivity index (χ0v) is 22.5. The van der Waals surface area contributed by atoms with E-state index in [9.17, 15) is 9.90 Å². The first-order valence-corrected chi connectivity index (χ1v) is 12.8. The molecule has 1 amide bonds. The highest BCUT2D eigenvalue weighted by Gasteiger charge is 2.27. The third-order valence-corrected chi connectivity index (χ3v) is 6.87. The maximum absolute atomic E-state index is 12.8. The monoisotopic (exact) mass is 468 g/mol. The van der Waals surface area contributed by atoms with Gasteiger partial charge in [0.1, 0.15) is 0 Å². The van der Waals surface area contributed by atoms with Crippen molar-refractivity contribution in [2.75, 3.05) is 6.54 Å². The van der Waals surface area contributed by atoms with E-state index in [1.54, 1.807) is 6.92 Å². The van der Waals surface area contributed by atoms with Crippen molar-refractivity contribution in [2.24, 2.45) is 5.92 Å². The first-order valence-electron chi connectivity index (χ1n) is 12.8. The van der Waals surface area contributed by atoms with Crippen molar-refractivity contribution in [1.82, 2.24) is 20.1 Å². The zero-order chi connectivity index (χ0) is 25.3. The Labute approximate surface area is 205 Å². The average molecular weight is 469 g/mol. The van der Waals surface area contributed by atoms with Crippen LogP contribution in [0, 0.1) is 12.8 Å². The van der Waals surface area contributed by atoms with E-state index >= 15 is 0 Å². The molecule has 1 fully saturated rings. The molecule has 1 atom stereocenters. The predicted octanol–water partition coefficient (Wildman–Crippen LogP) is 5.54. The first kappa shape index (κ1) is 26.4. The molecule has 1 heterocycles. The van der Waals surface area contributed by atoms with E-state index in [0.717, 1.165) is 17.9 Å². The van der Waals surface area contributed by atoms with Crippen molar-refractivity contribution in [2.45, 2.75) is 111 Å². The minimum atomic E-state index is -0.617. The molecular formula is C28H44N4O2. The number of rotatable bonds is 6. The molecule has 3 rings (SSSR count). The molecule has 1 aliphatic rings. The Morgan fingerprint density at radius 1 is 1.09 bits per heavy atom. The molecule has 0 spiro atoms. The van der Waals surface area contributed by atoms with Gasteiger partial charge < -0.3 is 10.4 Å². The fourth-order valence-corrected chi connectivity index (χ4v) is 5.11. The van der Waals surface area contributed by atoms with Gasteiger partial charge in [0.05, 0.1) is 6.10 Å². The molecule has 2 aromatic rings. The van der Waals surface area contributed by atoms with Crippen LogP contribution in [0.25, 0.3) is 11.4 Å². The molecule has 1 aliphatic carbocycles. The molecule has 0 bridgehead atoms. The third-order valence-electron chi connectivity index (χ3n) is 6.87. The number of carbonyl (C=O) groups excluding carboxylic acids is 1. The Kier molecular flexibility index (Phi) is 7.91. The summed E-state index contributed by atoms with van der Waals surface area (Å²) in [6.07, 6.45) is 5.57. The van der Waals surface area contributed by atoms with Crippen molar-refractivity contribution in [3.63, 3.8) is 0 Å². The van der Waals surface area contributed by atoms with Crippen LogP contribution >= 0.6 is 0 Å². The molecule has 0 saturated heterocycles. The van der Waals surface area contributed by atoms with Gasteiger partial charge in [-0.3, -0.25) is 4.79 Å². The standard InChI is InChI=1S/C28H44N4O2/c1-18(33)16-29-26(34)24-30-25(32(31-24)17-20-12-10-9-11-13-20)21-14-22(27(3,4)5)19(2)23(15-21)28(6,7)8/h14-15,18,20,33H,9-13,16-17H2,1-8H3,(H,29,34)/t18-/m0/s1. The van der Waals surface area contributed by atoms with Crippen molar-refractivity contribution < 1.29 is 9.90 Å². The van der Waals surface area contributed by atoms with Gasteiger partial charge in [-0.25, -0.2) is 9.67 Å². The van der Waals surface area contributed by atoms with Crippen molar-refractivity contribution >= 4 is 5.91 Å². The molecule has 1 saturated carbocycles. The SMILES string of the molecule is Cc1c(C(C)(C)C)cc(-c2nc(C(=O)NC[C@H](C)O)nn2CC2CCCCC2)cc1C(C)(C)C. The van der Waals surface area contributed by atoms with E-state index in [1.165, 1.54) is 48.8 Å². The highest BCUT2D eigenvalue weighted by Crippen LogP contribution is 2.37. The van der Waals surface area contributed by atoms with Gasteiger partial charge in [-0.2, -0.15) is 0 Å². The second-order valence-electron chi connectivity index (χ2n) is 12.2. The van der Waals surface area contributed by atoms with Gasteiger partial charge in [-0.1, -0.05) is 60.8 Å². The Balaban J connectivity index is 2.13. The van der Waals surface area contributed by atoms with Gasteiger partial charge in [-0.05, 0) is 72.3 Å². The van der Waals surface area contributed by atoms with Crippen LogP contribution in [0.4, 0.5) is 0 Å².